The van der Waals surface area contributed by atoms with Crippen molar-refractivity contribution in [2.24, 2.45) is 5.92 Å². The Morgan fingerprint density at radius 3 is 2.85 bits per heavy atom. The van der Waals surface area contributed by atoms with Crippen LogP contribution in [-0.4, -0.2) is 37.8 Å². The molecule has 0 saturated carbocycles. The Hall–Kier alpha value is -1.36. The summed E-state index contributed by atoms with van der Waals surface area (Å²) in [6, 6.07) is 2.85. The molecule has 3 heterocycles. The number of aliphatic carboxylic acids is 1. The third kappa shape index (κ3) is 2.14. The first-order valence-electron chi connectivity index (χ1n) is 7.68. The predicted molar refractivity (Wildman–Crippen MR) is 75.4 cm³/mol. The number of aryl methyl sites for hydroxylation is 2. The molecule has 110 valence electrons. The van der Waals surface area contributed by atoms with Gasteiger partial charge in [-0.15, -0.1) is 0 Å². The van der Waals surface area contributed by atoms with E-state index in [2.05, 4.69) is 34.6 Å². The van der Waals surface area contributed by atoms with E-state index in [4.69, 9.17) is 0 Å². The van der Waals surface area contributed by atoms with Crippen LogP contribution >= 0.6 is 0 Å². The summed E-state index contributed by atoms with van der Waals surface area (Å²) >= 11 is 0. The zero-order chi connectivity index (χ0) is 14.3. The fourth-order valence-corrected chi connectivity index (χ4v) is 3.89. The zero-order valence-corrected chi connectivity index (χ0v) is 12.2. The van der Waals surface area contributed by atoms with Crippen LogP contribution in [0, 0.1) is 5.92 Å². The zero-order valence-electron chi connectivity index (χ0n) is 12.2. The first-order chi connectivity index (χ1) is 9.63. The van der Waals surface area contributed by atoms with E-state index in [1.807, 2.05) is 0 Å². The Morgan fingerprint density at radius 1 is 1.45 bits per heavy atom. The average Bonchev–Trinajstić information content (AvgIpc) is 3.12. The van der Waals surface area contributed by atoms with Gasteiger partial charge in [0.15, 0.2) is 0 Å². The summed E-state index contributed by atoms with van der Waals surface area (Å²) in [6.07, 6.45) is 3.95. The van der Waals surface area contributed by atoms with E-state index in [0.29, 0.717) is 6.04 Å². The van der Waals surface area contributed by atoms with Gasteiger partial charge in [0.2, 0.25) is 0 Å². The highest BCUT2D eigenvalue weighted by Gasteiger charge is 2.49. The van der Waals surface area contributed by atoms with Gasteiger partial charge in [0, 0.05) is 25.2 Å². The lowest BCUT2D eigenvalue weighted by Gasteiger charge is -2.22. The number of rotatable bonds is 5. The van der Waals surface area contributed by atoms with Crippen molar-refractivity contribution in [1.29, 1.82) is 0 Å². The number of carboxylic acids is 1. The highest BCUT2D eigenvalue weighted by Crippen LogP contribution is 2.42. The highest BCUT2D eigenvalue weighted by atomic mass is 16.4. The van der Waals surface area contributed by atoms with Gasteiger partial charge in [-0.3, -0.25) is 14.4 Å². The number of nitrogens with zero attached hydrogens (tertiary/aromatic N) is 3. The van der Waals surface area contributed by atoms with Crippen LogP contribution in [0.1, 0.15) is 44.5 Å². The van der Waals surface area contributed by atoms with E-state index in [1.165, 1.54) is 5.69 Å². The standard InChI is InChI=1S/C15H23N3O2/c1-3-10-7-12(18(4-2)16-10)9-17-11-5-6-14(17)13(8-11)15(19)20/h7,11,13-14H,3-6,8-9H2,1-2H3,(H,19,20). The maximum atomic E-state index is 11.3. The molecule has 5 heteroatoms. The maximum absolute atomic E-state index is 11.3. The molecule has 2 fully saturated rings. The quantitative estimate of drug-likeness (QED) is 0.893. The lowest BCUT2D eigenvalue weighted by atomic mass is 9.89. The molecule has 3 atom stereocenters. The van der Waals surface area contributed by atoms with Gasteiger partial charge in [0.1, 0.15) is 0 Å². The van der Waals surface area contributed by atoms with Crippen LogP contribution in [0.5, 0.6) is 0 Å². The Balaban J connectivity index is 1.78. The van der Waals surface area contributed by atoms with Crippen LogP contribution in [0.3, 0.4) is 0 Å². The summed E-state index contributed by atoms with van der Waals surface area (Å²) in [5.74, 6) is -0.794. The molecule has 20 heavy (non-hydrogen) atoms. The molecule has 3 rings (SSSR count). The number of aromatic nitrogens is 2. The summed E-state index contributed by atoms with van der Waals surface area (Å²) in [4.78, 5) is 13.7. The lowest BCUT2D eigenvalue weighted by Crippen LogP contribution is -2.33. The van der Waals surface area contributed by atoms with E-state index >= 15 is 0 Å². The normalized spacial score (nSPS) is 29.2. The number of hydrogen-bond donors (Lipinski definition) is 1. The molecule has 2 aliphatic rings. The van der Waals surface area contributed by atoms with Crippen molar-refractivity contribution in [2.75, 3.05) is 0 Å². The second-order valence-corrected chi connectivity index (χ2v) is 5.95. The van der Waals surface area contributed by atoms with E-state index in [-0.39, 0.29) is 12.0 Å². The fraction of sp³-hybridized carbons (Fsp3) is 0.733. The molecule has 3 unspecified atom stereocenters. The Kier molecular flexibility index (Phi) is 3.54. The van der Waals surface area contributed by atoms with Gasteiger partial charge in [-0.25, -0.2) is 0 Å². The maximum Gasteiger partial charge on any atom is 0.308 e. The summed E-state index contributed by atoms with van der Waals surface area (Å²) in [5, 5.41) is 13.9. The van der Waals surface area contributed by atoms with Gasteiger partial charge in [-0.05, 0) is 38.7 Å². The molecule has 2 aliphatic heterocycles. The van der Waals surface area contributed by atoms with Crippen molar-refractivity contribution in [3.8, 4) is 0 Å². The van der Waals surface area contributed by atoms with Crippen LogP contribution < -0.4 is 0 Å². The minimum absolute atomic E-state index is 0.169. The molecule has 5 nitrogen and oxygen atoms in total. The molecule has 1 N–H and O–H groups in total. The van der Waals surface area contributed by atoms with Crippen molar-refractivity contribution < 1.29 is 9.90 Å². The van der Waals surface area contributed by atoms with Crippen LogP contribution in [-0.2, 0) is 24.3 Å². The van der Waals surface area contributed by atoms with Crippen LogP contribution in [0.15, 0.2) is 6.07 Å². The lowest BCUT2D eigenvalue weighted by molar-refractivity contribution is -0.142. The van der Waals surface area contributed by atoms with E-state index in [0.717, 1.165) is 44.5 Å². The Morgan fingerprint density at radius 2 is 2.25 bits per heavy atom. The van der Waals surface area contributed by atoms with Gasteiger partial charge in [0.05, 0.1) is 17.3 Å². The first kappa shape index (κ1) is 13.6. The van der Waals surface area contributed by atoms with Gasteiger partial charge in [-0.2, -0.15) is 5.10 Å². The highest BCUT2D eigenvalue weighted by molar-refractivity contribution is 5.71. The molecule has 0 aromatic carbocycles. The minimum atomic E-state index is -0.625. The van der Waals surface area contributed by atoms with Gasteiger partial charge >= 0.3 is 5.97 Å². The van der Waals surface area contributed by atoms with Crippen molar-refractivity contribution in [3.05, 3.63) is 17.5 Å². The smallest absolute Gasteiger partial charge is 0.308 e. The summed E-state index contributed by atoms with van der Waals surface area (Å²) in [5.41, 5.74) is 2.36. The third-order valence-corrected chi connectivity index (χ3v) is 4.92. The molecular formula is C15H23N3O2. The number of carboxylic acid groups (broad SMARTS) is 1. The second kappa shape index (κ2) is 5.20. The largest absolute Gasteiger partial charge is 0.481 e. The molecule has 0 aliphatic carbocycles. The molecule has 1 aromatic rings. The molecule has 0 radical (unpaired) electrons. The second-order valence-electron chi connectivity index (χ2n) is 5.95. The summed E-state index contributed by atoms with van der Waals surface area (Å²) in [7, 11) is 0. The predicted octanol–water partition coefficient (Wildman–Crippen LogP) is 1.90. The Bertz CT molecular complexity index is 511. The number of fused-ring (bicyclic) bond motifs is 2. The van der Waals surface area contributed by atoms with Gasteiger partial charge < -0.3 is 5.11 Å². The molecule has 2 saturated heterocycles. The first-order valence-corrected chi connectivity index (χ1v) is 7.68. The average molecular weight is 277 g/mol. The minimum Gasteiger partial charge on any atom is -0.481 e. The topological polar surface area (TPSA) is 58.4 Å². The summed E-state index contributed by atoms with van der Waals surface area (Å²) < 4.78 is 2.06. The molecular weight excluding hydrogens is 254 g/mol. The Labute approximate surface area is 119 Å². The van der Waals surface area contributed by atoms with Gasteiger partial charge in [-0.1, -0.05) is 6.92 Å². The molecule has 2 bridgehead atoms. The SMILES string of the molecule is CCc1cc(CN2C3CCC2C(C(=O)O)C3)n(CC)n1. The van der Waals surface area contributed by atoms with Crippen molar-refractivity contribution >= 4 is 5.97 Å². The van der Waals surface area contributed by atoms with Crippen molar-refractivity contribution in [2.45, 2.75) is 64.7 Å². The molecule has 0 amide bonds. The van der Waals surface area contributed by atoms with Crippen LogP contribution in [0.2, 0.25) is 0 Å². The van der Waals surface area contributed by atoms with Crippen LogP contribution in [0.25, 0.3) is 0 Å². The fourth-order valence-electron chi connectivity index (χ4n) is 3.89. The molecule has 1 aromatic heterocycles. The number of carbonyl (C=O) groups is 1. The van der Waals surface area contributed by atoms with E-state index in [9.17, 15) is 9.90 Å². The van der Waals surface area contributed by atoms with E-state index < -0.39 is 5.97 Å². The molecule has 0 spiro atoms. The van der Waals surface area contributed by atoms with Crippen molar-refractivity contribution in [1.82, 2.24) is 14.7 Å². The van der Waals surface area contributed by atoms with E-state index in [1.54, 1.807) is 0 Å². The monoisotopic (exact) mass is 277 g/mol. The van der Waals surface area contributed by atoms with Gasteiger partial charge in [0.25, 0.3) is 0 Å². The van der Waals surface area contributed by atoms with Crippen LogP contribution in [0.4, 0.5) is 0 Å². The number of hydrogen-bond acceptors (Lipinski definition) is 3. The third-order valence-electron chi connectivity index (χ3n) is 4.92. The van der Waals surface area contributed by atoms with Crippen molar-refractivity contribution in [3.63, 3.8) is 0 Å². The summed E-state index contributed by atoms with van der Waals surface area (Å²) in [6.45, 7) is 5.95.